The fraction of sp³-hybridized carbons (Fsp3) is 0.474. The van der Waals surface area contributed by atoms with Crippen LogP contribution in [0.1, 0.15) is 30.7 Å². The minimum absolute atomic E-state index is 0.167. The summed E-state index contributed by atoms with van der Waals surface area (Å²) >= 11 is 0. The highest BCUT2D eigenvalue weighted by atomic mass is 16.4. The first kappa shape index (κ1) is 17.5. The predicted octanol–water partition coefficient (Wildman–Crippen LogP) is 3.58. The van der Waals surface area contributed by atoms with Crippen molar-refractivity contribution in [2.24, 2.45) is 5.92 Å². The lowest BCUT2D eigenvalue weighted by Gasteiger charge is -2.23. The molecule has 2 aromatic rings. The average molecular weight is 343 g/mol. The van der Waals surface area contributed by atoms with Crippen LogP contribution in [-0.2, 0) is 0 Å². The van der Waals surface area contributed by atoms with E-state index in [1.54, 1.807) is 11.9 Å². The van der Waals surface area contributed by atoms with Gasteiger partial charge in [0.15, 0.2) is 0 Å². The summed E-state index contributed by atoms with van der Waals surface area (Å²) in [5.74, 6) is 1.51. The first-order valence-corrected chi connectivity index (χ1v) is 8.68. The Morgan fingerprint density at radius 1 is 1.40 bits per heavy atom. The van der Waals surface area contributed by atoms with Gasteiger partial charge in [0, 0.05) is 30.8 Å². The van der Waals surface area contributed by atoms with Crippen molar-refractivity contribution in [3.63, 3.8) is 0 Å². The SMILES string of the molecule is Cc1nc(-c2cccc(NC(=O)N(C)CC3CCCC3O)c2)oc1C. The van der Waals surface area contributed by atoms with E-state index in [1.165, 1.54) is 0 Å². The molecule has 0 aliphatic heterocycles. The van der Waals surface area contributed by atoms with Gasteiger partial charge in [-0.15, -0.1) is 0 Å². The number of hydrogen-bond donors (Lipinski definition) is 2. The number of urea groups is 1. The van der Waals surface area contributed by atoms with Crippen molar-refractivity contribution in [1.29, 1.82) is 0 Å². The lowest BCUT2D eigenvalue weighted by Crippen LogP contribution is -2.37. The molecule has 2 N–H and O–H groups in total. The van der Waals surface area contributed by atoms with Crippen LogP contribution in [0.3, 0.4) is 0 Å². The van der Waals surface area contributed by atoms with Crippen LogP contribution in [0.2, 0.25) is 0 Å². The van der Waals surface area contributed by atoms with E-state index in [2.05, 4.69) is 10.3 Å². The Balaban J connectivity index is 1.66. The van der Waals surface area contributed by atoms with Crippen LogP contribution >= 0.6 is 0 Å². The standard InChI is InChI=1S/C19H25N3O3/c1-12-13(2)25-18(20-12)14-6-4-8-16(10-14)21-19(24)22(3)11-15-7-5-9-17(15)23/h4,6,8,10,15,17,23H,5,7,9,11H2,1-3H3,(H,21,24). The molecular formula is C19H25N3O3. The largest absolute Gasteiger partial charge is 0.441 e. The van der Waals surface area contributed by atoms with Crippen LogP contribution in [0.15, 0.2) is 28.7 Å². The number of aliphatic hydroxyl groups excluding tert-OH is 1. The molecule has 0 saturated heterocycles. The Morgan fingerprint density at radius 2 is 2.20 bits per heavy atom. The minimum Gasteiger partial charge on any atom is -0.441 e. The van der Waals surface area contributed by atoms with Gasteiger partial charge in [-0.3, -0.25) is 0 Å². The molecule has 2 atom stereocenters. The maximum absolute atomic E-state index is 12.4. The monoisotopic (exact) mass is 343 g/mol. The molecule has 1 aliphatic carbocycles. The van der Waals surface area contributed by atoms with E-state index in [-0.39, 0.29) is 18.1 Å². The molecule has 6 heteroatoms. The summed E-state index contributed by atoms with van der Waals surface area (Å²) in [5, 5.41) is 12.8. The van der Waals surface area contributed by atoms with Crippen molar-refractivity contribution in [3.8, 4) is 11.5 Å². The Kier molecular flexibility index (Phi) is 5.08. The molecule has 1 heterocycles. The lowest BCUT2D eigenvalue weighted by molar-refractivity contribution is 0.116. The topological polar surface area (TPSA) is 78.6 Å². The summed E-state index contributed by atoms with van der Waals surface area (Å²) in [6, 6.07) is 7.26. The number of aryl methyl sites for hydroxylation is 2. The molecular weight excluding hydrogens is 318 g/mol. The van der Waals surface area contributed by atoms with Crippen LogP contribution in [-0.4, -0.2) is 40.7 Å². The first-order chi connectivity index (χ1) is 11.9. The van der Waals surface area contributed by atoms with Crippen LogP contribution in [0, 0.1) is 19.8 Å². The number of carbonyl (C=O) groups excluding carboxylic acids is 1. The predicted molar refractivity (Wildman–Crippen MR) is 96.4 cm³/mol. The molecule has 0 radical (unpaired) electrons. The molecule has 3 rings (SSSR count). The molecule has 6 nitrogen and oxygen atoms in total. The number of anilines is 1. The number of aromatic nitrogens is 1. The van der Waals surface area contributed by atoms with Crippen molar-refractivity contribution < 1.29 is 14.3 Å². The number of rotatable bonds is 4. The normalized spacial score (nSPS) is 19.8. The summed E-state index contributed by atoms with van der Waals surface area (Å²) < 4.78 is 5.65. The molecule has 1 aliphatic rings. The van der Waals surface area contributed by atoms with Gasteiger partial charge >= 0.3 is 6.03 Å². The van der Waals surface area contributed by atoms with Crippen LogP contribution in [0.4, 0.5) is 10.5 Å². The summed E-state index contributed by atoms with van der Waals surface area (Å²) in [5.41, 5.74) is 2.37. The molecule has 2 unspecified atom stereocenters. The van der Waals surface area contributed by atoms with Gasteiger partial charge in [0.05, 0.1) is 11.8 Å². The summed E-state index contributed by atoms with van der Waals surface area (Å²) in [7, 11) is 1.75. The van der Waals surface area contributed by atoms with E-state index in [0.29, 0.717) is 18.1 Å². The second-order valence-electron chi connectivity index (χ2n) is 6.81. The Bertz CT molecular complexity index is 737. The van der Waals surface area contributed by atoms with Gasteiger partial charge in [-0.1, -0.05) is 12.5 Å². The Morgan fingerprint density at radius 3 is 2.84 bits per heavy atom. The van der Waals surface area contributed by atoms with Crippen molar-refractivity contribution in [2.75, 3.05) is 18.9 Å². The van der Waals surface area contributed by atoms with Gasteiger partial charge in [0.25, 0.3) is 0 Å². The van der Waals surface area contributed by atoms with Crippen LogP contribution < -0.4 is 5.32 Å². The molecule has 0 spiro atoms. The number of amides is 2. The van der Waals surface area contributed by atoms with Gasteiger partial charge in [-0.25, -0.2) is 9.78 Å². The van der Waals surface area contributed by atoms with Gasteiger partial charge < -0.3 is 19.7 Å². The highest BCUT2D eigenvalue weighted by Crippen LogP contribution is 2.27. The Hall–Kier alpha value is -2.34. The quantitative estimate of drug-likeness (QED) is 0.889. The molecule has 1 fully saturated rings. The van der Waals surface area contributed by atoms with E-state index in [1.807, 2.05) is 38.1 Å². The van der Waals surface area contributed by atoms with Gasteiger partial charge in [-0.2, -0.15) is 0 Å². The molecule has 1 saturated carbocycles. The number of benzene rings is 1. The molecule has 2 amide bonds. The highest BCUT2D eigenvalue weighted by molar-refractivity contribution is 5.89. The number of hydrogen-bond acceptors (Lipinski definition) is 4. The smallest absolute Gasteiger partial charge is 0.321 e. The number of oxazole rings is 1. The fourth-order valence-corrected chi connectivity index (χ4v) is 3.21. The van der Waals surface area contributed by atoms with E-state index < -0.39 is 0 Å². The maximum Gasteiger partial charge on any atom is 0.321 e. The molecule has 1 aromatic carbocycles. The second-order valence-corrected chi connectivity index (χ2v) is 6.81. The highest BCUT2D eigenvalue weighted by Gasteiger charge is 2.27. The lowest BCUT2D eigenvalue weighted by atomic mass is 10.1. The van der Waals surface area contributed by atoms with Crippen molar-refractivity contribution in [3.05, 3.63) is 35.7 Å². The third kappa shape index (κ3) is 4.02. The molecule has 25 heavy (non-hydrogen) atoms. The number of carbonyl (C=O) groups is 1. The van der Waals surface area contributed by atoms with E-state index >= 15 is 0 Å². The van der Waals surface area contributed by atoms with Gasteiger partial charge in [-0.05, 0) is 44.9 Å². The Labute approximate surface area is 147 Å². The van der Waals surface area contributed by atoms with Crippen LogP contribution in [0.25, 0.3) is 11.5 Å². The zero-order chi connectivity index (χ0) is 18.0. The van der Waals surface area contributed by atoms with E-state index in [0.717, 1.165) is 36.3 Å². The van der Waals surface area contributed by atoms with E-state index in [9.17, 15) is 9.90 Å². The number of nitrogens with one attached hydrogen (secondary N) is 1. The van der Waals surface area contributed by atoms with E-state index in [4.69, 9.17) is 4.42 Å². The summed E-state index contributed by atoms with van der Waals surface area (Å²) in [4.78, 5) is 18.4. The third-order valence-corrected chi connectivity index (χ3v) is 4.86. The van der Waals surface area contributed by atoms with Crippen molar-refractivity contribution in [1.82, 2.24) is 9.88 Å². The molecule has 0 bridgehead atoms. The third-order valence-electron chi connectivity index (χ3n) is 4.86. The zero-order valence-electron chi connectivity index (χ0n) is 15.0. The first-order valence-electron chi connectivity index (χ1n) is 8.68. The average Bonchev–Trinajstić information content (AvgIpc) is 3.14. The second kappa shape index (κ2) is 7.27. The molecule has 134 valence electrons. The minimum atomic E-state index is -0.296. The van der Waals surface area contributed by atoms with Crippen molar-refractivity contribution >= 4 is 11.7 Å². The van der Waals surface area contributed by atoms with Gasteiger partial charge in [0.1, 0.15) is 5.76 Å². The fourth-order valence-electron chi connectivity index (χ4n) is 3.21. The van der Waals surface area contributed by atoms with Crippen molar-refractivity contribution in [2.45, 2.75) is 39.2 Å². The summed E-state index contributed by atoms with van der Waals surface area (Å²) in [6.07, 6.45) is 2.53. The summed E-state index contributed by atoms with van der Waals surface area (Å²) in [6.45, 7) is 4.34. The number of nitrogens with zero attached hydrogens (tertiary/aromatic N) is 2. The van der Waals surface area contributed by atoms with Gasteiger partial charge in [0.2, 0.25) is 5.89 Å². The number of aliphatic hydroxyl groups is 1. The van der Waals surface area contributed by atoms with Crippen LogP contribution in [0.5, 0.6) is 0 Å². The zero-order valence-corrected chi connectivity index (χ0v) is 15.0. The molecule has 1 aromatic heterocycles. The maximum atomic E-state index is 12.4.